The molecule has 6 heteroatoms. The number of rotatable bonds is 3. The summed E-state index contributed by atoms with van der Waals surface area (Å²) in [5, 5.41) is 14.2. The lowest BCUT2D eigenvalue weighted by Gasteiger charge is -2.18. The Hall–Kier alpha value is -1.92. The Morgan fingerprint density at radius 1 is 1.35 bits per heavy atom. The van der Waals surface area contributed by atoms with Crippen LogP contribution < -0.4 is 10.6 Å². The van der Waals surface area contributed by atoms with Gasteiger partial charge < -0.3 is 10.6 Å². The molecule has 1 aliphatic rings. The molecule has 0 spiro atoms. The number of hydrogen-bond acceptors (Lipinski definition) is 4. The van der Waals surface area contributed by atoms with E-state index in [0.717, 1.165) is 49.2 Å². The summed E-state index contributed by atoms with van der Waals surface area (Å²) < 4.78 is 0. The zero-order valence-corrected chi connectivity index (χ0v) is 11.4. The van der Waals surface area contributed by atoms with E-state index in [0.29, 0.717) is 6.54 Å². The van der Waals surface area contributed by atoms with Gasteiger partial charge in [-0.15, -0.1) is 0 Å². The van der Waals surface area contributed by atoms with Gasteiger partial charge >= 0.3 is 0 Å². The first-order valence-corrected chi connectivity index (χ1v) is 6.98. The molecule has 1 aliphatic heterocycles. The van der Waals surface area contributed by atoms with Gasteiger partial charge in [-0.2, -0.15) is 5.10 Å². The van der Waals surface area contributed by atoms with E-state index in [9.17, 15) is 4.79 Å². The summed E-state index contributed by atoms with van der Waals surface area (Å²) >= 11 is 0. The lowest BCUT2D eigenvalue weighted by molar-refractivity contribution is -0.117. The third-order valence-electron chi connectivity index (χ3n) is 3.55. The third-order valence-corrected chi connectivity index (χ3v) is 3.55. The zero-order chi connectivity index (χ0) is 13.8. The fraction of sp³-hybridized carbons (Fsp3) is 0.429. The predicted molar refractivity (Wildman–Crippen MR) is 78.7 cm³/mol. The van der Waals surface area contributed by atoms with Crippen molar-refractivity contribution in [2.24, 2.45) is 0 Å². The molecule has 0 aliphatic carbocycles. The van der Waals surface area contributed by atoms with Crippen molar-refractivity contribution in [3.63, 3.8) is 0 Å². The highest BCUT2D eigenvalue weighted by Crippen LogP contribution is 2.20. The normalized spacial score (nSPS) is 17.0. The van der Waals surface area contributed by atoms with Gasteiger partial charge in [0.05, 0.1) is 23.9 Å². The van der Waals surface area contributed by atoms with Crippen LogP contribution in [0.25, 0.3) is 10.9 Å². The molecule has 0 radical (unpaired) electrons. The molecule has 20 heavy (non-hydrogen) atoms. The summed E-state index contributed by atoms with van der Waals surface area (Å²) in [6.07, 6.45) is 2.84. The van der Waals surface area contributed by atoms with E-state index < -0.39 is 0 Å². The second-order valence-corrected chi connectivity index (χ2v) is 5.07. The Bertz CT molecular complexity index is 586. The second kappa shape index (κ2) is 6.02. The molecule has 2 aromatic rings. The smallest absolute Gasteiger partial charge is 0.238 e. The SMILES string of the molecule is O=C(CN1CCCNCC1)Nc1cccc2cn[nH]c12. The molecule has 0 saturated carbocycles. The van der Waals surface area contributed by atoms with Crippen LogP contribution in [0.15, 0.2) is 24.4 Å². The van der Waals surface area contributed by atoms with Gasteiger partial charge in [-0.25, -0.2) is 0 Å². The predicted octanol–water partition coefficient (Wildman–Crippen LogP) is 0.797. The van der Waals surface area contributed by atoms with Crippen LogP contribution in [0, 0.1) is 0 Å². The number of anilines is 1. The number of benzene rings is 1. The minimum atomic E-state index is 0.0222. The van der Waals surface area contributed by atoms with Gasteiger partial charge in [0.25, 0.3) is 0 Å². The van der Waals surface area contributed by atoms with E-state index in [-0.39, 0.29) is 5.91 Å². The molecule has 6 nitrogen and oxygen atoms in total. The van der Waals surface area contributed by atoms with Crippen molar-refractivity contribution >= 4 is 22.5 Å². The molecule has 3 N–H and O–H groups in total. The van der Waals surface area contributed by atoms with Crippen LogP contribution in [-0.4, -0.2) is 53.7 Å². The van der Waals surface area contributed by atoms with Gasteiger partial charge in [0, 0.05) is 18.5 Å². The molecular weight excluding hydrogens is 254 g/mol. The standard InChI is InChI=1S/C14H19N5O/c20-13(10-19-7-2-5-15-6-8-19)17-12-4-1-3-11-9-16-18-14(11)12/h1,3-4,9,15H,2,5-8,10H2,(H,16,18)(H,17,20). The Labute approximate surface area is 117 Å². The quantitative estimate of drug-likeness (QED) is 0.773. The maximum absolute atomic E-state index is 12.2. The van der Waals surface area contributed by atoms with Gasteiger partial charge in [0.1, 0.15) is 0 Å². The minimum Gasteiger partial charge on any atom is -0.323 e. The van der Waals surface area contributed by atoms with Crippen molar-refractivity contribution < 1.29 is 4.79 Å². The Morgan fingerprint density at radius 2 is 2.30 bits per heavy atom. The van der Waals surface area contributed by atoms with Crippen molar-refractivity contribution in [3.05, 3.63) is 24.4 Å². The Kier molecular flexibility index (Phi) is 3.94. The van der Waals surface area contributed by atoms with E-state index in [1.807, 2.05) is 18.2 Å². The monoisotopic (exact) mass is 273 g/mol. The van der Waals surface area contributed by atoms with Crippen LogP contribution in [0.4, 0.5) is 5.69 Å². The van der Waals surface area contributed by atoms with Crippen LogP contribution in [0.3, 0.4) is 0 Å². The van der Waals surface area contributed by atoms with Gasteiger partial charge in [-0.05, 0) is 25.6 Å². The molecule has 3 rings (SSSR count). The third kappa shape index (κ3) is 2.97. The minimum absolute atomic E-state index is 0.0222. The molecule has 2 heterocycles. The summed E-state index contributed by atoms with van der Waals surface area (Å²) in [6, 6.07) is 5.78. The largest absolute Gasteiger partial charge is 0.323 e. The van der Waals surface area contributed by atoms with E-state index in [1.165, 1.54) is 0 Å². The molecule has 1 amide bonds. The maximum Gasteiger partial charge on any atom is 0.238 e. The molecule has 1 saturated heterocycles. The molecule has 0 unspecified atom stereocenters. The Balaban J connectivity index is 1.65. The number of carbonyl (C=O) groups is 1. The number of aromatic nitrogens is 2. The van der Waals surface area contributed by atoms with Crippen LogP contribution >= 0.6 is 0 Å². The molecule has 1 aromatic carbocycles. The Morgan fingerprint density at radius 3 is 3.25 bits per heavy atom. The molecule has 1 aromatic heterocycles. The van der Waals surface area contributed by atoms with E-state index >= 15 is 0 Å². The van der Waals surface area contributed by atoms with Gasteiger partial charge in [-0.1, -0.05) is 12.1 Å². The summed E-state index contributed by atoms with van der Waals surface area (Å²) in [5.74, 6) is 0.0222. The first-order chi connectivity index (χ1) is 9.83. The number of H-pyrrole nitrogens is 1. The van der Waals surface area contributed by atoms with Gasteiger partial charge in [-0.3, -0.25) is 14.8 Å². The van der Waals surface area contributed by atoms with Gasteiger partial charge in [0.2, 0.25) is 5.91 Å². The lowest BCUT2D eigenvalue weighted by Crippen LogP contribution is -2.35. The number of aromatic amines is 1. The van der Waals surface area contributed by atoms with Crippen LogP contribution in [0.5, 0.6) is 0 Å². The van der Waals surface area contributed by atoms with Crippen molar-refractivity contribution in [3.8, 4) is 0 Å². The highest BCUT2D eigenvalue weighted by molar-refractivity contribution is 6.00. The van der Waals surface area contributed by atoms with Crippen molar-refractivity contribution in [1.29, 1.82) is 0 Å². The number of nitrogens with zero attached hydrogens (tertiary/aromatic N) is 2. The van der Waals surface area contributed by atoms with E-state index in [2.05, 4.69) is 25.7 Å². The van der Waals surface area contributed by atoms with Crippen LogP contribution in [0.1, 0.15) is 6.42 Å². The molecule has 0 bridgehead atoms. The zero-order valence-electron chi connectivity index (χ0n) is 11.4. The van der Waals surface area contributed by atoms with Crippen molar-refractivity contribution in [1.82, 2.24) is 20.4 Å². The maximum atomic E-state index is 12.2. The van der Waals surface area contributed by atoms with E-state index in [1.54, 1.807) is 6.20 Å². The fourth-order valence-corrected chi connectivity index (χ4v) is 2.53. The van der Waals surface area contributed by atoms with Crippen molar-refractivity contribution in [2.45, 2.75) is 6.42 Å². The van der Waals surface area contributed by atoms with Crippen molar-refractivity contribution in [2.75, 3.05) is 38.0 Å². The molecular formula is C14H19N5O. The molecule has 1 fully saturated rings. The summed E-state index contributed by atoms with van der Waals surface area (Å²) in [7, 11) is 0. The number of nitrogens with one attached hydrogen (secondary N) is 3. The van der Waals surface area contributed by atoms with Crippen LogP contribution in [-0.2, 0) is 4.79 Å². The lowest BCUT2D eigenvalue weighted by atomic mass is 10.2. The summed E-state index contributed by atoms with van der Waals surface area (Å²) in [4.78, 5) is 14.3. The van der Waals surface area contributed by atoms with E-state index in [4.69, 9.17) is 0 Å². The van der Waals surface area contributed by atoms with Gasteiger partial charge in [0.15, 0.2) is 0 Å². The number of fused-ring (bicyclic) bond motifs is 1. The first kappa shape index (κ1) is 13.1. The fourth-order valence-electron chi connectivity index (χ4n) is 2.53. The highest BCUT2D eigenvalue weighted by atomic mass is 16.2. The number of amides is 1. The topological polar surface area (TPSA) is 73.1 Å². The number of hydrogen-bond donors (Lipinski definition) is 3. The summed E-state index contributed by atoms with van der Waals surface area (Å²) in [5.41, 5.74) is 1.66. The molecule has 0 atom stereocenters. The van der Waals surface area contributed by atoms with Crippen LogP contribution in [0.2, 0.25) is 0 Å². The first-order valence-electron chi connectivity index (χ1n) is 6.98. The second-order valence-electron chi connectivity index (χ2n) is 5.07. The number of carbonyl (C=O) groups excluding carboxylic acids is 1. The molecule has 106 valence electrons. The number of para-hydroxylation sites is 1. The average Bonchev–Trinajstić information content (AvgIpc) is 2.78. The average molecular weight is 273 g/mol. The summed E-state index contributed by atoms with van der Waals surface area (Å²) in [6.45, 7) is 4.30. The highest BCUT2D eigenvalue weighted by Gasteiger charge is 2.13.